The molecule has 1 aliphatic heterocycles. The van der Waals surface area contributed by atoms with Crippen LogP contribution in [-0.4, -0.2) is 18.1 Å². The van der Waals surface area contributed by atoms with E-state index >= 15 is 0 Å². The second-order valence-electron chi connectivity index (χ2n) is 5.61. The highest BCUT2D eigenvalue weighted by Gasteiger charge is 2.17. The molecule has 0 N–H and O–H groups in total. The number of anilines is 1. The zero-order chi connectivity index (χ0) is 14.1. The highest BCUT2D eigenvalue weighted by Crippen LogP contribution is 2.28. The topological polar surface area (TPSA) is 39.9 Å². The highest BCUT2D eigenvalue weighted by atomic mass is 15.2. The van der Waals surface area contributed by atoms with E-state index in [0.29, 0.717) is 5.56 Å². The third kappa shape index (κ3) is 2.12. The van der Waals surface area contributed by atoms with Gasteiger partial charge in [-0.05, 0) is 50.3 Å². The number of aromatic nitrogens is 1. The van der Waals surface area contributed by atoms with Crippen molar-refractivity contribution >= 4 is 16.7 Å². The van der Waals surface area contributed by atoms with Gasteiger partial charge in [-0.1, -0.05) is 12.1 Å². The smallest absolute Gasteiger partial charge is 0.147 e. The average Bonchev–Trinajstić information content (AvgIpc) is 2.51. The number of pyridine rings is 1. The average molecular weight is 265 g/mol. The predicted octanol–water partition coefficient (Wildman–Crippen LogP) is 3.71. The maximum absolute atomic E-state index is 9.45. The number of nitriles is 1. The fraction of sp³-hybridized carbons (Fsp3) is 0.412. The fourth-order valence-corrected chi connectivity index (χ4v) is 2.95. The summed E-state index contributed by atoms with van der Waals surface area (Å²) in [6.45, 7) is 6.18. The molecule has 0 aliphatic carbocycles. The fourth-order valence-electron chi connectivity index (χ4n) is 2.95. The Morgan fingerprint density at radius 1 is 1.10 bits per heavy atom. The van der Waals surface area contributed by atoms with Crippen LogP contribution in [0.1, 0.15) is 36.0 Å². The van der Waals surface area contributed by atoms with Gasteiger partial charge in [-0.3, -0.25) is 0 Å². The summed E-state index contributed by atoms with van der Waals surface area (Å²) < 4.78 is 0. The number of hydrogen-bond donors (Lipinski definition) is 0. The van der Waals surface area contributed by atoms with E-state index in [4.69, 9.17) is 4.98 Å². The molecule has 2 heterocycles. The van der Waals surface area contributed by atoms with Gasteiger partial charge >= 0.3 is 0 Å². The molecule has 1 aliphatic rings. The summed E-state index contributed by atoms with van der Waals surface area (Å²) in [6, 6.07) is 8.54. The van der Waals surface area contributed by atoms with Crippen LogP contribution in [0.15, 0.2) is 18.2 Å². The lowest BCUT2D eigenvalue weighted by atomic mass is 10.0. The monoisotopic (exact) mass is 265 g/mol. The molecular weight excluding hydrogens is 246 g/mol. The number of hydrogen-bond acceptors (Lipinski definition) is 3. The number of piperidine rings is 1. The van der Waals surface area contributed by atoms with Crippen LogP contribution >= 0.6 is 0 Å². The molecule has 102 valence electrons. The Morgan fingerprint density at radius 3 is 2.50 bits per heavy atom. The van der Waals surface area contributed by atoms with E-state index in [-0.39, 0.29) is 0 Å². The van der Waals surface area contributed by atoms with Gasteiger partial charge in [0, 0.05) is 18.5 Å². The van der Waals surface area contributed by atoms with Gasteiger partial charge < -0.3 is 4.90 Å². The maximum atomic E-state index is 9.45. The minimum absolute atomic E-state index is 0.702. The van der Waals surface area contributed by atoms with Crippen molar-refractivity contribution in [3.63, 3.8) is 0 Å². The first kappa shape index (κ1) is 12.9. The zero-order valence-corrected chi connectivity index (χ0v) is 12.1. The first-order chi connectivity index (χ1) is 9.70. The van der Waals surface area contributed by atoms with Crippen molar-refractivity contribution in [2.24, 2.45) is 0 Å². The molecule has 2 aromatic rings. The second kappa shape index (κ2) is 5.13. The largest absolute Gasteiger partial charge is 0.356 e. The van der Waals surface area contributed by atoms with Crippen molar-refractivity contribution in [2.75, 3.05) is 18.0 Å². The van der Waals surface area contributed by atoms with Crippen LogP contribution in [-0.2, 0) is 0 Å². The molecule has 0 spiro atoms. The summed E-state index contributed by atoms with van der Waals surface area (Å²) in [5, 5.41) is 10.6. The summed E-state index contributed by atoms with van der Waals surface area (Å²) in [5.74, 6) is 0.869. The Bertz CT molecular complexity index is 691. The van der Waals surface area contributed by atoms with Crippen LogP contribution in [0.5, 0.6) is 0 Å². The van der Waals surface area contributed by atoms with Crippen LogP contribution in [0.4, 0.5) is 5.82 Å². The van der Waals surface area contributed by atoms with Gasteiger partial charge in [-0.25, -0.2) is 4.98 Å². The van der Waals surface area contributed by atoms with Crippen LogP contribution in [0, 0.1) is 25.2 Å². The Labute approximate surface area is 119 Å². The number of rotatable bonds is 1. The van der Waals surface area contributed by atoms with E-state index in [2.05, 4.69) is 36.9 Å². The molecule has 3 nitrogen and oxygen atoms in total. The van der Waals surface area contributed by atoms with Crippen molar-refractivity contribution in [1.29, 1.82) is 5.26 Å². The highest BCUT2D eigenvalue weighted by molar-refractivity contribution is 5.88. The van der Waals surface area contributed by atoms with E-state index in [0.717, 1.165) is 29.8 Å². The minimum Gasteiger partial charge on any atom is -0.356 e. The molecule has 1 fully saturated rings. The molecule has 3 rings (SSSR count). The lowest BCUT2D eigenvalue weighted by Crippen LogP contribution is -2.30. The van der Waals surface area contributed by atoms with Gasteiger partial charge in [0.1, 0.15) is 11.9 Å². The van der Waals surface area contributed by atoms with Gasteiger partial charge in [0.2, 0.25) is 0 Å². The molecule has 1 aromatic carbocycles. The summed E-state index contributed by atoms with van der Waals surface area (Å²) in [6.07, 6.45) is 3.67. The van der Waals surface area contributed by atoms with Crippen molar-refractivity contribution in [1.82, 2.24) is 4.98 Å². The summed E-state index contributed by atoms with van der Waals surface area (Å²) in [4.78, 5) is 7.10. The van der Waals surface area contributed by atoms with Gasteiger partial charge in [0.05, 0.1) is 11.1 Å². The molecule has 20 heavy (non-hydrogen) atoms. The quantitative estimate of drug-likeness (QED) is 0.789. The number of fused-ring (bicyclic) bond motifs is 1. The first-order valence-corrected chi connectivity index (χ1v) is 7.26. The minimum atomic E-state index is 0.702. The number of nitrogens with zero attached hydrogens (tertiary/aromatic N) is 3. The summed E-state index contributed by atoms with van der Waals surface area (Å²) in [5.41, 5.74) is 4.09. The molecule has 3 heteroatoms. The van der Waals surface area contributed by atoms with E-state index < -0.39 is 0 Å². The lowest BCUT2D eigenvalue weighted by Gasteiger charge is -2.28. The molecular formula is C17H19N3. The van der Waals surface area contributed by atoms with E-state index in [1.54, 1.807) is 0 Å². The number of benzene rings is 1. The Kier molecular flexibility index (Phi) is 3.31. The van der Waals surface area contributed by atoms with Crippen LogP contribution in [0.3, 0.4) is 0 Å². The van der Waals surface area contributed by atoms with Crippen LogP contribution in [0.2, 0.25) is 0 Å². The van der Waals surface area contributed by atoms with Crippen molar-refractivity contribution in [3.8, 4) is 6.07 Å². The van der Waals surface area contributed by atoms with Crippen LogP contribution < -0.4 is 4.90 Å². The molecule has 0 bridgehead atoms. The van der Waals surface area contributed by atoms with Crippen molar-refractivity contribution in [3.05, 3.63) is 34.9 Å². The maximum Gasteiger partial charge on any atom is 0.147 e. The van der Waals surface area contributed by atoms with E-state index in [9.17, 15) is 5.26 Å². The van der Waals surface area contributed by atoms with Crippen molar-refractivity contribution in [2.45, 2.75) is 33.1 Å². The van der Waals surface area contributed by atoms with E-state index in [1.165, 1.54) is 30.4 Å². The van der Waals surface area contributed by atoms with Gasteiger partial charge in [-0.2, -0.15) is 5.26 Å². The SMILES string of the molecule is Cc1ccc(C)c2nc(N3CCCCC3)c(C#N)cc12. The molecule has 0 atom stereocenters. The third-order valence-corrected chi connectivity index (χ3v) is 4.16. The number of aryl methyl sites for hydroxylation is 2. The van der Waals surface area contributed by atoms with Gasteiger partial charge in [0.15, 0.2) is 0 Å². The zero-order valence-electron chi connectivity index (χ0n) is 12.1. The molecule has 1 saturated heterocycles. The normalized spacial score (nSPS) is 15.3. The molecule has 0 saturated carbocycles. The summed E-state index contributed by atoms with van der Waals surface area (Å²) >= 11 is 0. The Balaban J connectivity index is 2.21. The second-order valence-corrected chi connectivity index (χ2v) is 5.61. The standard InChI is InChI=1S/C17H19N3/c1-12-6-7-13(2)16-15(12)10-14(11-18)17(19-16)20-8-4-3-5-9-20/h6-7,10H,3-5,8-9H2,1-2H3. The molecule has 0 radical (unpaired) electrons. The molecule has 0 amide bonds. The molecule has 1 aromatic heterocycles. The first-order valence-electron chi connectivity index (χ1n) is 7.26. The van der Waals surface area contributed by atoms with Crippen LogP contribution in [0.25, 0.3) is 10.9 Å². The summed E-state index contributed by atoms with van der Waals surface area (Å²) in [7, 11) is 0. The van der Waals surface area contributed by atoms with Gasteiger partial charge in [-0.15, -0.1) is 0 Å². The van der Waals surface area contributed by atoms with Crippen molar-refractivity contribution < 1.29 is 0 Å². The Morgan fingerprint density at radius 2 is 1.80 bits per heavy atom. The van der Waals surface area contributed by atoms with Gasteiger partial charge in [0.25, 0.3) is 0 Å². The lowest BCUT2D eigenvalue weighted by molar-refractivity contribution is 0.573. The Hall–Kier alpha value is -2.08. The molecule has 0 unspecified atom stereocenters. The van der Waals surface area contributed by atoms with E-state index in [1.807, 2.05) is 6.07 Å². The third-order valence-electron chi connectivity index (χ3n) is 4.16. The predicted molar refractivity (Wildman–Crippen MR) is 82.0 cm³/mol.